The zero-order chi connectivity index (χ0) is 13.1. The maximum atomic E-state index is 11.7. The molecule has 1 N–H and O–H groups in total. The van der Waals surface area contributed by atoms with Gasteiger partial charge in [0.05, 0.1) is 0 Å². The fourth-order valence-electron chi connectivity index (χ4n) is 1.85. The van der Waals surface area contributed by atoms with E-state index in [9.17, 15) is 9.90 Å². The predicted molar refractivity (Wildman–Crippen MR) is 70.7 cm³/mol. The second kappa shape index (κ2) is 5.08. The topological polar surface area (TPSA) is 46.5 Å². The fraction of sp³-hybridized carbons (Fsp3) is 0.267. The number of rotatable bonds is 3. The Kier molecular flexibility index (Phi) is 3.51. The highest BCUT2D eigenvalue weighted by molar-refractivity contribution is 5.94. The van der Waals surface area contributed by atoms with Crippen molar-refractivity contribution in [2.24, 2.45) is 5.92 Å². The lowest BCUT2D eigenvalue weighted by molar-refractivity contribution is -0.135. The van der Waals surface area contributed by atoms with Crippen LogP contribution >= 0.6 is 0 Å². The van der Waals surface area contributed by atoms with E-state index in [1.54, 1.807) is 30.3 Å². The normalized spacial score (nSPS) is 10.8. The predicted octanol–water partition coefficient (Wildman–Crippen LogP) is 3.50. The van der Waals surface area contributed by atoms with Gasteiger partial charge in [-0.25, -0.2) is 0 Å². The Hall–Kier alpha value is -2.03. The number of ether oxygens (including phenoxy) is 1. The van der Waals surface area contributed by atoms with Crippen molar-refractivity contribution in [2.45, 2.75) is 20.3 Å². The molecule has 2 rings (SSSR count). The van der Waals surface area contributed by atoms with Crippen molar-refractivity contribution < 1.29 is 14.6 Å². The highest BCUT2D eigenvalue weighted by Crippen LogP contribution is 2.31. The Labute approximate surface area is 106 Å². The van der Waals surface area contributed by atoms with Crippen LogP contribution in [0.4, 0.5) is 0 Å². The number of fused-ring (bicyclic) bond motifs is 1. The lowest BCUT2D eigenvalue weighted by Gasteiger charge is -2.09. The summed E-state index contributed by atoms with van der Waals surface area (Å²) in [6.45, 7) is 3.94. The highest BCUT2D eigenvalue weighted by Gasteiger charge is 2.10. The van der Waals surface area contributed by atoms with E-state index in [1.807, 2.05) is 19.9 Å². The number of hydrogen-bond donors (Lipinski definition) is 1. The molecular weight excluding hydrogens is 228 g/mol. The molecule has 0 unspecified atom stereocenters. The van der Waals surface area contributed by atoms with E-state index in [-0.39, 0.29) is 17.6 Å². The Morgan fingerprint density at radius 3 is 2.56 bits per heavy atom. The van der Waals surface area contributed by atoms with Crippen LogP contribution in [-0.4, -0.2) is 11.1 Å². The number of carbonyl (C=O) groups is 1. The molecule has 0 saturated carbocycles. The SMILES string of the molecule is CC(C)CC(=O)Oc1cccc2c(O)cccc12. The number of carbonyl (C=O) groups excluding carboxylic acids is 1. The van der Waals surface area contributed by atoms with E-state index < -0.39 is 0 Å². The van der Waals surface area contributed by atoms with Crippen LogP contribution < -0.4 is 4.74 Å². The van der Waals surface area contributed by atoms with Gasteiger partial charge in [-0.1, -0.05) is 38.1 Å². The number of aromatic hydroxyl groups is 1. The minimum Gasteiger partial charge on any atom is -0.507 e. The fourth-order valence-corrected chi connectivity index (χ4v) is 1.85. The summed E-state index contributed by atoms with van der Waals surface area (Å²) in [7, 11) is 0. The van der Waals surface area contributed by atoms with Crippen molar-refractivity contribution in [3.05, 3.63) is 36.4 Å². The molecule has 0 spiro atoms. The zero-order valence-corrected chi connectivity index (χ0v) is 10.5. The molecule has 0 aliphatic carbocycles. The summed E-state index contributed by atoms with van der Waals surface area (Å²) < 4.78 is 5.34. The molecule has 18 heavy (non-hydrogen) atoms. The summed E-state index contributed by atoms with van der Waals surface area (Å²) in [6, 6.07) is 10.5. The van der Waals surface area contributed by atoms with Gasteiger partial charge in [0.2, 0.25) is 0 Å². The molecular formula is C15H16O3. The molecule has 0 heterocycles. The first-order chi connectivity index (χ1) is 8.58. The van der Waals surface area contributed by atoms with E-state index in [0.29, 0.717) is 17.6 Å². The summed E-state index contributed by atoms with van der Waals surface area (Å²) in [5, 5.41) is 11.2. The van der Waals surface area contributed by atoms with Crippen molar-refractivity contribution in [2.75, 3.05) is 0 Å². The Morgan fingerprint density at radius 1 is 1.17 bits per heavy atom. The van der Waals surface area contributed by atoms with Crippen LogP contribution in [-0.2, 0) is 4.79 Å². The summed E-state index contributed by atoms with van der Waals surface area (Å²) in [4.78, 5) is 11.7. The van der Waals surface area contributed by atoms with Crippen molar-refractivity contribution in [1.82, 2.24) is 0 Å². The van der Waals surface area contributed by atoms with Gasteiger partial charge >= 0.3 is 5.97 Å². The van der Waals surface area contributed by atoms with Crippen LogP contribution in [0.25, 0.3) is 10.8 Å². The Morgan fingerprint density at radius 2 is 1.83 bits per heavy atom. The molecule has 0 fully saturated rings. The molecule has 0 amide bonds. The number of benzene rings is 2. The molecule has 3 heteroatoms. The van der Waals surface area contributed by atoms with E-state index in [2.05, 4.69) is 0 Å². The molecule has 0 radical (unpaired) electrons. The standard InChI is InChI=1S/C15H16O3/c1-10(2)9-15(17)18-14-8-4-5-11-12(14)6-3-7-13(11)16/h3-8,10,16H,9H2,1-2H3. The van der Waals surface area contributed by atoms with E-state index >= 15 is 0 Å². The summed E-state index contributed by atoms with van der Waals surface area (Å²) in [5.41, 5.74) is 0. The molecule has 0 aliphatic heterocycles. The lowest BCUT2D eigenvalue weighted by Crippen LogP contribution is -2.10. The van der Waals surface area contributed by atoms with Gasteiger partial charge in [0, 0.05) is 17.2 Å². The van der Waals surface area contributed by atoms with Gasteiger partial charge in [-0.2, -0.15) is 0 Å². The van der Waals surface area contributed by atoms with Crippen LogP contribution in [0.1, 0.15) is 20.3 Å². The second-order valence-corrected chi connectivity index (χ2v) is 4.70. The average molecular weight is 244 g/mol. The molecule has 0 bridgehead atoms. The molecule has 0 aromatic heterocycles. The third-order valence-corrected chi connectivity index (χ3v) is 2.66. The van der Waals surface area contributed by atoms with Crippen molar-refractivity contribution in [1.29, 1.82) is 0 Å². The third-order valence-electron chi connectivity index (χ3n) is 2.66. The monoisotopic (exact) mass is 244 g/mol. The Bertz CT molecular complexity index is 573. The number of phenolic OH excluding ortho intramolecular Hbond substituents is 1. The van der Waals surface area contributed by atoms with Gasteiger partial charge in [0.25, 0.3) is 0 Å². The lowest BCUT2D eigenvalue weighted by atomic mass is 10.1. The first-order valence-corrected chi connectivity index (χ1v) is 5.99. The van der Waals surface area contributed by atoms with Crippen LogP contribution in [0.3, 0.4) is 0 Å². The number of esters is 1. The maximum Gasteiger partial charge on any atom is 0.311 e. The molecule has 94 valence electrons. The van der Waals surface area contributed by atoms with Crippen molar-refractivity contribution in [3.63, 3.8) is 0 Å². The molecule has 2 aromatic carbocycles. The van der Waals surface area contributed by atoms with Crippen molar-refractivity contribution in [3.8, 4) is 11.5 Å². The van der Waals surface area contributed by atoms with E-state index in [4.69, 9.17) is 4.74 Å². The molecule has 0 aliphatic rings. The van der Waals surface area contributed by atoms with Gasteiger partial charge in [-0.3, -0.25) is 4.79 Å². The first-order valence-electron chi connectivity index (χ1n) is 5.99. The summed E-state index contributed by atoms with van der Waals surface area (Å²) in [5.74, 6) is 0.699. The van der Waals surface area contributed by atoms with Gasteiger partial charge < -0.3 is 9.84 Å². The molecule has 0 atom stereocenters. The van der Waals surface area contributed by atoms with Crippen LogP contribution in [0, 0.1) is 5.92 Å². The van der Waals surface area contributed by atoms with Crippen LogP contribution in [0.2, 0.25) is 0 Å². The van der Waals surface area contributed by atoms with Gasteiger partial charge in [0.1, 0.15) is 11.5 Å². The van der Waals surface area contributed by atoms with Gasteiger partial charge in [-0.15, -0.1) is 0 Å². The molecule has 0 saturated heterocycles. The van der Waals surface area contributed by atoms with Gasteiger partial charge in [-0.05, 0) is 18.1 Å². The first kappa shape index (κ1) is 12.4. The highest BCUT2D eigenvalue weighted by atomic mass is 16.5. The number of hydrogen-bond acceptors (Lipinski definition) is 3. The maximum absolute atomic E-state index is 11.7. The van der Waals surface area contributed by atoms with Crippen molar-refractivity contribution >= 4 is 16.7 Å². The molecule has 2 aromatic rings. The van der Waals surface area contributed by atoms with Crippen LogP contribution in [0.5, 0.6) is 11.5 Å². The second-order valence-electron chi connectivity index (χ2n) is 4.70. The largest absolute Gasteiger partial charge is 0.507 e. The summed E-state index contributed by atoms with van der Waals surface area (Å²) in [6.07, 6.45) is 0.384. The van der Waals surface area contributed by atoms with E-state index in [0.717, 1.165) is 5.39 Å². The smallest absolute Gasteiger partial charge is 0.311 e. The average Bonchev–Trinajstić information content (AvgIpc) is 2.29. The van der Waals surface area contributed by atoms with Crippen LogP contribution in [0.15, 0.2) is 36.4 Å². The quantitative estimate of drug-likeness (QED) is 0.664. The van der Waals surface area contributed by atoms with E-state index in [1.165, 1.54) is 0 Å². The minimum absolute atomic E-state index is 0.189. The molecule has 3 nitrogen and oxygen atoms in total. The number of phenols is 1. The third kappa shape index (κ3) is 2.62. The summed E-state index contributed by atoms with van der Waals surface area (Å²) >= 11 is 0. The zero-order valence-electron chi connectivity index (χ0n) is 10.5. The minimum atomic E-state index is -0.249. The van der Waals surface area contributed by atoms with Gasteiger partial charge in [0.15, 0.2) is 0 Å². The Balaban J connectivity index is 2.34.